The molecule has 0 aliphatic heterocycles. The lowest BCUT2D eigenvalue weighted by molar-refractivity contribution is -0.139. The van der Waals surface area contributed by atoms with E-state index in [0.29, 0.717) is 24.0 Å². The van der Waals surface area contributed by atoms with E-state index >= 15 is 0 Å². The monoisotopic (exact) mass is 587 g/mol. The zero-order valence-corrected chi connectivity index (χ0v) is 25.2. The van der Waals surface area contributed by atoms with Crippen LogP contribution in [-0.2, 0) is 25.4 Å². The number of benzene rings is 2. The lowest BCUT2D eigenvalue weighted by atomic mass is 10.0. The fourth-order valence-corrected chi connectivity index (χ4v) is 3.32. The highest BCUT2D eigenvalue weighted by Gasteiger charge is 2.27. The molecule has 0 aromatic heterocycles. The maximum atomic E-state index is 12.5. The molecule has 0 bridgehead atoms. The predicted octanol–water partition coefficient (Wildman–Crippen LogP) is 5.93. The van der Waals surface area contributed by atoms with Gasteiger partial charge in [-0.2, -0.15) is 0 Å². The summed E-state index contributed by atoms with van der Waals surface area (Å²) in [6.45, 7) is 12.3. The molecule has 0 spiro atoms. The van der Waals surface area contributed by atoms with Gasteiger partial charge < -0.3 is 34.1 Å². The van der Waals surface area contributed by atoms with Gasteiger partial charge in [-0.25, -0.2) is 14.4 Å². The fourth-order valence-electron chi connectivity index (χ4n) is 3.32. The molecule has 2 aromatic carbocycles. The second-order valence-electron chi connectivity index (χ2n) is 11.0. The minimum Gasteiger partial charge on any atom is -0.480 e. The third-order valence-corrected chi connectivity index (χ3v) is 6.52. The molecule has 2 N–H and O–H groups in total. The topological polar surface area (TPSA) is 147 Å². The summed E-state index contributed by atoms with van der Waals surface area (Å²) in [6, 6.07) is 11.7. The molecule has 0 aliphatic rings. The molecular weight excluding hydrogens is 546 g/mol. The van der Waals surface area contributed by atoms with Crippen LogP contribution in [0.5, 0.6) is 11.5 Å². The van der Waals surface area contributed by atoms with Crippen molar-refractivity contribution in [2.45, 2.75) is 91.1 Å². The minimum atomic E-state index is -1.14. The van der Waals surface area contributed by atoms with Gasteiger partial charge in [-0.05, 0) is 83.7 Å². The van der Waals surface area contributed by atoms with Crippen molar-refractivity contribution >= 4 is 24.2 Å². The Morgan fingerprint density at radius 3 is 1.90 bits per heavy atom. The summed E-state index contributed by atoms with van der Waals surface area (Å²) >= 11 is 0. The van der Waals surface area contributed by atoms with Crippen molar-refractivity contribution in [3.63, 3.8) is 0 Å². The number of carboxylic acids is 1. The summed E-state index contributed by atoms with van der Waals surface area (Å²) in [4.78, 5) is 49.3. The molecule has 0 radical (unpaired) electrons. The Morgan fingerprint density at radius 1 is 0.833 bits per heavy atom. The van der Waals surface area contributed by atoms with Gasteiger partial charge in [0, 0.05) is 6.54 Å². The fraction of sp³-hybridized carbons (Fsp3) is 0.484. The standard InChI is InChI=1S/C31H41NO10/c1-8-30(4,5)41-28(36)39-24-16-15-21(18-25(24)40-29(37)42-31(6,7)9-2)17-23(26(33)34)32-19-20(3)38-27(35)22-13-11-10-12-14-22/h10-16,18,20,23,32H,8-9,17,19H2,1-7H3,(H,33,34)/t20?,23-/m0/s1. The van der Waals surface area contributed by atoms with Gasteiger partial charge in [-0.15, -0.1) is 0 Å². The summed E-state index contributed by atoms with van der Waals surface area (Å²) in [5, 5.41) is 12.7. The first-order valence-electron chi connectivity index (χ1n) is 13.8. The molecule has 11 nitrogen and oxygen atoms in total. The molecule has 11 heteroatoms. The summed E-state index contributed by atoms with van der Waals surface area (Å²) in [7, 11) is 0. The van der Waals surface area contributed by atoms with Crippen molar-refractivity contribution in [1.29, 1.82) is 0 Å². The van der Waals surface area contributed by atoms with E-state index in [4.69, 9.17) is 23.7 Å². The second-order valence-corrected chi connectivity index (χ2v) is 11.0. The summed E-state index contributed by atoms with van der Waals surface area (Å²) < 4.78 is 26.8. The van der Waals surface area contributed by atoms with Gasteiger partial charge in [0.2, 0.25) is 0 Å². The smallest absolute Gasteiger partial charge is 0.480 e. The molecule has 0 saturated carbocycles. The van der Waals surface area contributed by atoms with Gasteiger partial charge in [0.25, 0.3) is 0 Å². The minimum absolute atomic E-state index is 0.0336. The van der Waals surface area contributed by atoms with Crippen molar-refractivity contribution in [2.75, 3.05) is 6.54 Å². The van der Waals surface area contributed by atoms with Crippen LogP contribution in [0, 0.1) is 0 Å². The zero-order valence-electron chi connectivity index (χ0n) is 25.2. The molecule has 0 aliphatic carbocycles. The van der Waals surface area contributed by atoms with Crippen molar-refractivity contribution in [1.82, 2.24) is 5.32 Å². The Labute approximate surface area is 246 Å². The first-order valence-corrected chi connectivity index (χ1v) is 13.8. The number of carbonyl (C=O) groups excluding carboxylic acids is 3. The van der Waals surface area contributed by atoms with Crippen LogP contribution in [0.25, 0.3) is 0 Å². The van der Waals surface area contributed by atoms with Crippen molar-refractivity contribution in [3.05, 3.63) is 59.7 Å². The van der Waals surface area contributed by atoms with Gasteiger partial charge >= 0.3 is 24.2 Å². The van der Waals surface area contributed by atoms with Crippen LogP contribution in [0.4, 0.5) is 9.59 Å². The number of aliphatic carboxylic acids is 1. The molecule has 2 atom stereocenters. The Bertz CT molecular complexity index is 1230. The van der Waals surface area contributed by atoms with E-state index in [1.54, 1.807) is 65.0 Å². The van der Waals surface area contributed by atoms with Gasteiger partial charge in [0.05, 0.1) is 5.56 Å². The maximum absolute atomic E-state index is 12.5. The van der Waals surface area contributed by atoms with Gasteiger partial charge in [0.1, 0.15) is 23.3 Å². The average Bonchev–Trinajstić information content (AvgIpc) is 2.92. The predicted molar refractivity (Wildman–Crippen MR) is 154 cm³/mol. The molecule has 0 fully saturated rings. The van der Waals surface area contributed by atoms with Crippen molar-refractivity contribution < 1.29 is 48.0 Å². The average molecular weight is 588 g/mol. The third-order valence-electron chi connectivity index (χ3n) is 6.52. The highest BCUT2D eigenvalue weighted by Crippen LogP contribution is 2.31. The number of hydrogen-bond acceptors (Lipinski definition) is 10. The van der Waals surface area contributed by atoms with Gasteiger partial charge in [-0.1, -0.05) is 38.1 Å². The van der Waals surface area contributed by atoms with E-state index in [1.807, 2.05) is 13.8 Å². The zero-order chi connectivity index (χ0) is 31.5. The van der Waals surface area contributed by atoms with Gasteiger partial charge in [0.15, 0.2) is 11.5 Å². The second kappa shape index (κ2) is 15.2. The summed E-state index contributed by atoms with van der Waals surface area (Å²) in [5.41, 5.74) is -0.749. The number of carboxylic acid groups (broad SMARTS) is 1. The summed E-state index contributed by atoms with van der Waals surface area (Å²) in [5.74, 6) is -1.92. The van der Waals surface area contributed by atoms with Crippen LogP contribution in [0.2, 0.25) is 0 Å². The maximum Gasteiger partial charge on any atom is 0.514 e. The Kier molecular flexibility index (Phi) is 12.3. The Balaban J connectivity index is 2.18. The molecule has 2 rings (SSSR count). The van der Waals surface area contributed by atoms with E-state index in [9.17, 15) is 24.3 Å². The molecule has 0 heterocycles. The van der Waals surface area contributed by atoms with E-state index in [2.05, 4.69) is 5.32 Å². The van der Waals surface area contributed by atoms with E-state index in [1.165, 1.54) is 18.2 Å². The number of esters is 1. The third kappa shape index (κ3) is 11.4. The molecule has 0 saturated heterocycles. The Hall–Kier alpha value is -4.12. The lowest BCUT2D eigenvalue weighted by Gasteiger charge is -2.24. The van der Waals surface area contributed by atoms with Crippen LogP contribution in [-0.4, -0.2) is 59.2 Å². The van der Waals surface area contributed by atoms with Crippen LogP contribution in [0.1, 0.15) is 77.2 Å². The molecular formula is C31H41NO10. The quantitative estimate of drug-likeness (QED) is 0.154. The molecule has 42 heavy (non-hydrogen) atoms. The molecule has 1 unspecified atom stereocenters. The molecule has 230 valence electrons. The number of hydrogen-bond donors (Lipinski definition) is 2. The highest BCUT2D eigenvalue weighted by molar-refractivity contribution is 5.89. The van der Waals surface area contributed by atoms with Crippen LogP contribution in [0.15, 0.2) is 48.5 Å². The van der Waals surface area contributed by atoms with Crippen LogP contribution >= 0.6 is 0 Å². The van der Waals surface area contributed by atoms with Crippen molar-refractivity contribution in [3.8, 4) is 11.5 Å². The van der Waals surface area contributed by atoms with E-state index in [0.717, 1.165) is 0 Å². The van der Waals surface area contributed by atoms with Crippen LogP contribution in [0.3, 0.4) is 0 Å². The number of nitrogens with one attached hydrogen (secondary N) is 1. The SMILES string of the molecule is CCC(C)(C)OC(=O)Oc1ccc(C[C@H](NCC(C)OC(=O)c2ccccc2)C(=O)O)cc1OC(=O)OC(C)(C)CC. The number of ether oxygens (including phenoxy) is 5. The highest BCUT2D eigenvalue weighted by atomic mass is 16.8. The molecule has 0 amide bonds. The largest absolute Gasteiger partial charge is 0.514 e. The normalized spacial score (nSPS) is 12.9. The van der Waals surface area contributed by atoms with E-state index in [-0.39, 0.29) is 24.5 Å². The first kappa shape index (κ1) is 34.1. The van der Waals surface area contributed by atoms with Crippen molar-refractivity contribution in [2.24, 2.45) is 0 Å². The number of carbonyl (C=O) groups is 4. The van der Waals surface area contributed by atoms with Crippen LogP contribution < -0.4 is 14.8 Å². The van der Waals surface area contributed by atoms with Gasteiger partial charge in [-0.3, -0.25) is 4.79 Å². The lowest BCUT2D eigenvalue weighted by Crippen LogP contribution is -2.42. The number of rotatable bonds is 14. The Morgan fingerprint density at radius 2 is 1.38 bits per heavy atom. The molecule has 2 aromatic rings. The summed E-state index contributed by atoms with van der Waals surface area (Å²) in [6.07, 6.45) is -1.61. The first-order chi connectivity index (χ1) is 19.6. The van der Waals surface area contributed by atoms with E-state index < -0.39 is 47.6 Å².